The Morgan fingerprint density at radius 2 is 1.96 bits per heavy atom. The average molecular weight is 352 g/mol. The number of likely N-dealkylation sites (N-methyl/N-ethyl adjacent to an activating group) is 1. The number of aromatic nitrogens is 3. The third kappa shape index (κ3) is 3.30. The van der Waals surface area contributed by atoms with Crippen molar-refractivity contribution >= 4 is 22.7 Å². The van der Waals surface area contributed by atoms with Crippen LogP contribution in [0.3, 0.4) is 0 Å². The van der Waals surface area contributed by atoms with Crippen molar-refractivity contribution in [2.45, 2.75) is 12.6 Å². The SMILES string of the molecule is CN(C)C1CN(c2nc(NCc3ccc(F)nc3)nc3ccccc23)C1. The number of anilines is 2. The molecule has 0 unspecified atom stereocenters. The molecule has 0 aliphatic carbocycles. The fraction of sp³-hybridized carbons (Fsp3) is 0.316. The van der Waals surface area contributed by atoms with Gasteiger partial charge in [0.15, 0.2) is 0 Å². The molecule has 1 aromatic carbocycles. The Labute approximate surface area is 151 Å². The third-order valence-corrected chi connectivity index (χ3v) is 4.71. The topological polar surface area (TPSA) is 57.2 Å². The van der Waals surface area contributed by atoms with Crippen LogP contribution in [0.4, 0.5) is 16.2 Å². The first-order valence-electron chi connectivity index (χ1n) is 8.62. The zero-order valence-corrected chi connectivity index (χ0v) is 14.9. The molecule has 4 rings (SSSR count). The first-order chi connectivity index (χ1) is 12.6. The van der Waals surface area contributed by atoms with E-state index in [1.807, 2.05) is 18.2 Å². The summed E-state index contributed by atoms with van der Waals surface area (Å²) in [5.41, 5.74) is 1.78. The predicted octanol–water partition coefficient (Wildman–Crippen LogP) is 2.53. The molecule has 1 aliphatic heterocycles. The Bertz CT molecular complexity index is 906. The molecule has 7 heteroatoms. The number of fused-ring (bicyclic) bond motifs is 1. The van der Waals surface area contributed by atoms with Crippen molar-refractivity contribution in [1.82, 2.24) is 19.9 Å². The Morgan fingerprint density at radius 3 is 2.69 bits per heavy atom. The molecule has 26 heavy (non-hydrogen) atoms. The van der Waals surface area contributed by atoms with Crippen LogP contribution in [0.2, 0.25) is 0 Å². The van der Waals surface area contributed by atoms with Crippen LogP contribution in [0.25, 0.3) is 10.9 Å². The lowest BCUT2D eigenvalue weighted by Crippen LogP contribution is -2.57. The fourth-order valence-corrected chi connectivity index (χ4v) is 3.03. The predicted molar refractivity (Wildman–Crippen MR) is 101 cm³/mol. The van der Waals surface area contributed by atoms with Crippen molar-refractivity contribution in [3.8, 4) is 0 Å². The van der Waals surface area contributed by atoms with Crippen LogP contribution < -0.4 is 10.2 Å². The molecule has 0 saturated carbocycles. The van der Waals surface area contributed by atoms with Gasteiger partial charge >= 0.3 is 0 Å². The lowest BCUT2D eigenvalue weighted by atomic mass is 10.1. The van der Waals surface area contributed by atoms with Gasteiger partial charge in [0.05, 0.1) is 5.52 Å². The smallest absolute Gasteiger partial charge is 0.225 e. The second-order valence-corrected chi connectivity index (χ2v) is 6.75. The van der Waals surface area contributed by atoms with Crippen molar-refractivity contribution < 1.29 is 4.39 Å². The highest BCUT2D eigenvalue weighted by Crippen LogP contribution is 2.29. The number of pyridine rings is 1. The zero-order valence-electron chi connectivity index (χ0n) is 14.9. The minimum absolute atomic E-state index is 0.480. The summed E-state index contributed by atoms with van der Waals surface area (Å²) in [5, 5.41) is 4.28. The number of nitrogens with zero attached hydrogens (tertiary/aromatic N) is 5. The number of nitrogens with one attached hydrogen (secondary N) is 1. The summed E-state index contributed by atoms with van der Waals surface area (Å²) < 4.78 is 12.9. The molecule has 0 bridgehead atoms. The van der Waals surface area contributed by atoms with Gasteiger partial charge in [-0.15, -0.1) is 0 Å². The van der Waals surface area contributed by atoms with Crippen molar-refractivity contribution in [3.05, 3.63) is 54.1 Å². The van der Waals surface area contributed by atoms with Crippen molar-refractivity contribution in [2.75, 3.05) is 37.4 Å². The summed E-state index contributed by atoms with van der Waals surface area (Å²) in [5.74, 6) is 1.04. The summed E-state index contributed by atoms with van der Waals surface area (Å²) in [6.07, 6.45) is 1.52. The minimum Gasteiger partial charge on any atom is -0.353 e. The lowest BCUT2D eigenvalue weighted by Gasteiger charge is -2.43. The van der Waals surface area contributed by atoms with Gasteiger partial charge in [0.2, 0.25) is 11.9 Å². The number of halogens is 1. The highest BCUT2D eigenvalue weighted by Gasteiger charge is 2.30. The molecule has 2 aromatic heterocycles. The van der Waals surface area contributed by atoms with E-state index in [4.69, 9.17) is 4.98 Å². The maximum atomic E-state index is 12.9. The Kier molecular flexibility index (Phi) is 4.38. The van der Waals surface area contributed by atoms with Gasteiger partial charge in [-0.05, 0) is 37.9 Å². The standard InChI is InChI=1S/C19H21FN6/c1-25(2)14-11-26(12-14)18-15-5-3-4-6-16(15)23-19(24-18)22-10-13-7-8-17(20)21-9-13/h3-9,14H,10-12H2,1-2H3,(H,22,23,24). The van der Waals surface area contributed by atoms with E-state index in [1.165, 1.54) is 12.3 Å². The second-order valence-electron chi connectivity index (χ2n) is 6.75. The van der Waals surface area contributed by atoms with Gasteiger partial charge in [0.25, 0.3) is 0 Å². The quantitative estimate of drug-likeness (QED) is 0.712. The summed E-state index contributed by atoms with van der Waals surface area (Å²) in [4.78, 5) is 17.5. The van der Waals surface area contributed by atoms with E-state index in [9.17, 15) is 4.39 Å². The molecular formula is C19H21FN6. The maximum absolute atomic E-state index is 12.9. The summed E-state index contributed by atoms with van der Waals surface area (Å²) in [6.45, 7) is 2.40. The molecule has 134 valence electrons. The molecule has 0 amide bonds. The molecule has 1 saturated heterocycles. The van der Waals surface area contributed by atoms with E-state index < -0.39 is 5.95 Å². The molecule has 1 fully saturated rings. The van der Waals surface area contributed by atoms with Crippen LogP contribution >= 0.6 is 0 Å². The molecular weight excluding hydrogens is 331 g/mol. The van der Waals surface area contributed by atoms with Crippen LogP contribution in [-0.4, -0.2) is 53.1 Å². The molecule has 3 aromatic rings. The summed E-state index contributed by atoms with van der Waals surface area (Å²) in [7, 11) is 4.20. The number of para-hydroxylation sites is 1. The zero-order chi connectivity index (χ0) is 18.1. The van der Waals surface area contributed by atoms with Crippen LogP contribution in [-0.2, 0) is 6.54 Å². The van der Waals surface area contributed by atoms with Gasteiger partial charge in [0.1, 0.15) is 5.82 Å². The highest BCUT2D eigenvalue weighted by molar-refractivity contribution is 5.90. The van der Waals surface area contributed by atoms with Gasteiger partial charge in [-0.25, -0.2) is 9.97 Å². The largest absolute Gasteiger partial charge is 0.353 e. The molecule has 0 atom stereocenters. The molecule has 1 aliphatic rings. The van der Waals surface area contributed by atoms with Gasteiger partial charge in [0, 0.05) is 37.3 Å². The van der Waals surface area contributed by atoms with E-state index in [1.54, 1.807) is 6.07 Å². The van der Waals surface area contributed by atoms with E-state index in [0.29, 0.717) is 18.5 Å². The van der Waals surface area contributed by atoms with Crippen LogP contribution in [0, 0.1) is 5.95 Å². The number of hydrogen-bond donors (Lipinski definition) is 1. The number of hydrogen-bond acceptors (Lipinski definition) is 6. The molecule has 3 heterocycles. The third-order valence-electron chi connectivity index (χ3n) is 4.71. The van der Waals surface area contributed by atoms with E-state index >= 15 is 0 Å². The lowest BCUT2D eigenvalue weighted by molar-refractivity contribution is 0.246. The van der Waals surface area contributed by atoms with Gasteiger partial charge in [-0.2, -0.15) is 9.37 Å². The van der Waals surface area contributed by atoms with E-state index in [-0.39, 0.29) is 0 Å². The first kappa shape index (κ1) is 16.7. The van der Waals surface area contributed by atoms with Crippen molar-refractivity contribution in [3.63, 3.8) is 0 Å². The average Bonchev–Trinajstić information content (AvgIpc) is 2.59. The molecule has 1 N–H and O–H groups in total. The fourth-order valence-electron chi connectivity index (χ4n) is 3.03. The highest BCUT2D eigenvalue weighted by atomic mass is 19.1. The molecule has 6 nitrogen and oxygen atoms in total. The first-order valence-corrected chi connectivity index (χ1v) is 8.62. The van der Waals surface area contributed by atoms with E-state index in [0.717, 1.165) is 35.4 Å². The van der Waals surface area contributed by atoms with Gasteiger partial charge in [-0.3, -0.25) is 0 Å². The summed E-state index contributed by atoms with van der Waals surface area (Å²) >= 11 is 0. The number of benzene rings is 1. The van der Waals surface area contributed by atoms with Gasteiger partial charge in [-0.1, -0.05) is 18.2 Å². The monoisotopic (exact) mass is 352 g/mol. The number of rotatable bonds is 5. The van der Waals surface area contributed by atoms with Crippen LogP contribution in [0.1, 0.15) is 5.56 Å². The maximum Gasteiger partial charge on any atom is 0.225 e. The van der Waals surface area contributed by atoms with Crippen LogP contribution in [0.5, 0.6) is 0 Å². The van der Waals surface area contributed by atoms with Gasteiger partial charge < -0.3 is 15.1 Å². The van der Waals surface area contributed by atoms with Crippen molar-refractivity contribution in [1.29, 1.82) is 0 Å². The normalized spacial score (nSPS) is 14.7. The van der Waals surface area contributed by atoms with Crippen LogP contribution in [0.15, 0.2) is 42.6 Å². The Balaban J connectivity index is 1.58. The Morgan fingerprint density at radius 1 is 1.15 bits per heavy atom. The van der Waals surface area contributed by atoms with Crippen molar-refractivity contribution in [2.24, 2.45) is 0 Å². The molecule has 0 radical (unpaired) electrons. The van der Waals surface area contributed by atoms with E-state index in [2.05, 4.69) is 45.2 Å². The Hall–Kier alpha value is -2.80. The second kappa shape index (κ2) is 6.84. The molecule has 0 spiro atoms. The summed E-state index contributed by atoms with van der Waals surface area (Å²) in [6, 6.07) is 11.6. The minimum atomic E-state index is -0.480.